The summed E-state index contributed by atoms with van der Waals surface area (Å²) in [4.78, 5) is 4.08. The summed E-state index contributed by atoms with van der Waals surface area (Å²) in [5.74, 6) is -0.688. The van der Waals surface area contributed by atoms with E-state index >= 15 is 0 Å². The number of alkyl halides is 3. The number of benzene rings is 1. The summed E-state index contributed by atoms with van der Waals surface area (Å²) in [6, 6.07) is 2.47. The first kappa shape index (κ1) is 23.2. The summed E-state index contributed by atoms with van der Waals surface area (Å²) in [5, 5.41) is 5.80. The van der Waals surface area contributed by atoms with Gasteiger partial charge in [-0.3, -0.25) is 0 Å². The Bertz CT molecular complexity index is 736. The van der Waals surface area contributed by atoms with Crippen molar-refractivity contribution in [3.63, 3.8) is 0 Å². The van der Waals surface area contributed by atoms with Gasteiger partial charge in [-0.15, -0.1) is 0 Å². The highest BCUT2D eigenvalue weighted by Crippen LogP contribution is 2.32. The Hall–Kier alpha value is -1.88. The Morgan fingerprint density at radius 3 is 2.44 bits per heavy atom. The molecular formula is C16H24F4N4O2S. The standard InChI is InChI=1S/C16H24F4N4O2S/c1-3-21-15(22-8-5-9-24-27(25,26)4-2)23-11-12-6-7-13(17)10-14(12)16(18,19)20/h6-7,10,24H,3-5,8-9,11H2,1-2H3,(H2,21,22,23). The fraction of sp³-hybridized carbons (Fsp3) is 0.562. The molecule has 0 heterocycles. The Labute approximate surface area is 156 Å². The molecule has 0 amide bonds. The minimum Gasteiger partial charge on any atom is -0.357 e. The normalized spacial score (nSPS) is 12.9. The van der Waals surface area contributed by atoms with Crippen LogP contribution in [-0.2, 0) is 22.7 Å². The molecule has 0 aliphatic carbocycles. The molecule has 0 saturated carbocycles. The number of hydrogen-bond donors (Lipinski definition) is 3. The average molecular weight is 412 g/mol. The third-order valence-electron chi connectivity index (χ3n) is 3.48. The molecule has 0 unspecified atom stereocenters. The fourth-order valence-electron chi connectivity index (χ4n) is 2.08. The molecule has 0 aliphatic rings. The number of hydrogen-bond acceptors (Lipinski definition) is 3. The van der Waals surface area contributed by atoms with Crippen molar-refractivity contribution < 1.29 is 26.0 Å². The van der Waals surface area contributed by atoms with Crippen molar-refractivity contribution >= 4 is 16.0 Å². The number of halogens is 4. The van der Waals surface area contributed by atoms with Crippen LogP contribution in [0.1, 0.15) is 31.4 Å². The second-order valence-corrected chi connectivity index (χ2v) is 7.67. The van der Waals surface area contributed by atoms with E-state index in [-0.39, 0.29) is 30.4 Å². The van der Waals surface area contributed by atoms with Crippen molar-refractivity contribution in [2.45, 2.75) is 33.0 Å². The van der Waals surface area contributed by atoms with E-state index in [1.807, 2.05) is 0 Å². The Morgan fingerprint density at radius 2 is 1.85 bits per heavy atom. The smallest absolute Gasteiger partial charge is 0.357 e. The summed E-state index contributed by atoms with van der Waals surface area (Å²) in [6.45, 7) is 4.13. The van der Waals surface area contributed by atoms with Gasteiger partial charge in [0, 0.05) is 19.6 Å². The first-order chi connectivity index (χ1) is 12.6. The van der Waals surface area contributed by atoms with Crippen LogP contribution in [0.5, 0.6) is 0 Å². The van der Waals surface area contributed by atoms with Crippen LogP contribution in [0.4, 0.5) is 17.6 Å². The maximum atomic E-state index is 13.1. The Morgan fingerprint density at radius 1 is 1.15 bits per heavy atom. The maximum absolute atomic E-state index is 13.1. The van der Waals surface area contributed by atoms with Gasteiger partial charge in [0.25, 0.3) is 0 Å². The second-order valence-electron chi connectivity index (χ2n) is 5.57. The lowest BCUT2D eigenvalue weighted by Crippen LogP contribution is -2.39. The predicted molar refractivity (Wildman–Crippen MR) is 96.3 cm³/mol. The van der Waals surface area contributed by atoms with Gasteiger partial charge in [0.2, 0.25) is 10.0 Å². The van der Waals surface area contributed by atoms with Crippen LogP contribution in [0.2, 0.25) is 0 Å². The number of aliphatic imine (C=N–C) groups is 1. The zero-order valence-corrected chi connectivity index (χ0v) is 16.0. The van der Waals surface area contributed by atoms with E-state index in [0.29, 0.717) is 25.6 Å². The van der Waals surface area contributed by atoms with Crippen molar-refractivity contribution in [2.75, 3.05) is 25.4 Å². The molecule has 3 N–H and O–H groups in total. The molecular weight excluding hydrogens is 388 g/mol. The lowest BCUT2D eigenvalue weighted by atomic mass is 10.1. The average Bonchev–Trinajstić information content (AvgIpc) is 2.59. The van der Waals surface area contributed by atoms with Crippen molar-refractivity contribution in [1.82, 2.24) is 15.4 Å². The van der Waals surface area contributed by atoms with Crippen molar-refractivity contribution in [3.05, 3.63) is 35.1 Å². The van der Waals surface area contributed by atoms with Gasteiger partial charge >= 0.3 is 6.18 Å². The monoisotopic (exact) mass is 412 g/mol. The molecule has 0 radical (unpaired) electrons. The lowest BCUT2D eigenvalue weighted by molar-refractivity contribution is -0.138. The fourth-order valence-corrected chi connectivity index (χ4v) is 2.74. The second kappa shape index (κ2) is 10.5. The van der Waals surface area contributed by atoms with Gasteiger partial charge in [0.15, 0.2) is 5.96 Å². The summed E-state index contributed by atoms with van der Waals surface area (Å²) in [6.07, 6.45) is -4.21. The van der Waals surface area contributed by atoms with E-state index in [1.165, 1.54) is 6.92 Å². The molecule has 0 bridgehead atoms. The predicted octanol–water partition coefficient (Wildman–Crippen LogP) is 2.23. The number of nitrogens with zero attached hydrogens (tertiary/aromatic N) is 1. The van der Waals surface area contributed by atoms with Gasteiger partial charge < -0.3 is 10.6 Å². The molecule has 6 nitrogen and oxygen atoms in total. The molecule has 1 rings (SSSR count). The van der Waals surface area contributed by atoms with Crippen LogP contribution < -0.4 is 15.4 Å². The van der Waals surface area contributed by atoms with Gasteiger partial charge in [-0.2, -0.15) is 13.2 Å². The van der Waals surface area contributed by atoms with Gasteiger partial charge in [-0.05, 0) is 38.0 Å². The molecule has 27 heavy (non-hydrogen) atoms. The maximum Gasteiger partial charge on any atom is 0.416 e. The molecule has 0 aromatic heterocycles. The van der Waals surface area contributed by atoms with Crippen LogP contribution in [0, 0.1) is 5.82 Å². The summed E-state index contributed by atoms with van der Waals surface area (Å²) in [7, 11) is -3.26. The first-order valence-electron chi connectivity index (χ1n) is 8.44. The van der Waals surface area contributed by atoms with E-state index in [1.54, 1.807) is 6.92 Å². The van der Waals surface area contributed by atoms with Crippen LogP contribution in [0.15, 0.2) is 23.2 Å². The Kier molecular flexibility index (Phi) is 8.97. The zero-order chi connectivity index (χ0) is 20.5. The van der Waals surface area contributed by atoms with E-state index in [0.717, 1.165) is 12.1 Å². The van der Waals surface area contributed by atoms with Crippen molar-refractivity contribution in [1.29, 1.82) is 0 Å². The van der Waals surface area contributed by atoms with Crippen LogP contribution >= 0.6 is 0 Å². The van der Waals surface area contributed by atoms with E-state index in [4.69, 9.17) is 0 Å². The first-order valence-corrected chi connectivity index (χ1v) is 10.1. The lowest BCUT2D eigenvalue weighted by Gasteiger charge is -2.14. The summed E-state index contributed by atoms with van der Waals surface area (Å²) >= 11 is 0. The van der Waals surface area contributed by atoms with Gasteiger partial charge in [-0.1, -0.05) is 6.07 Å². The van der Waals surface area contributed by atoms with Crippen LogP contribution in [0.3, 0.4) is 0 Å². The van der Waals surface area contributed by atoms with E-state index < -0.39 is 27.6 Å². The van der Waals surface area contributed by atoms with E-state index in [9.17, 15) is 26.0 Å². The minimum absolute atomic E-state index is 0.0102. The Balaban J connectivity index is 2.69. The van der Waals surface area contributed by atoms with Crippen LogP contribution in [0.25, 0.3) is 0 Å². The topological polar surface area (TPSA) is 82.6 Å². The molecule has 1 aromatic rings. The number of sulfonamides is 1. The number of rotatable bonds is 9. The van der Waals surface area contributed by atoms with E-state index in [2.05, 4.69) is 20.3 Å². The summed E-state index contributed by atoms with van der Waals surface area (Å²) < 4.78 is 77.2. The van der Waals surface area contributed by atoms with Gasteiger partial charge in [-0.25, -0.2) is 22.5 Å². The largest absolute Gasteiger partial charge is 0.416 e. The molecule has 0 aliphatic heterocycles. The molecule has 11 heteroatoms. The molecule has 0 saturated heterocycles. The van der Waals surface area contributed by atoms with Crippen molar-refractivity contribution in [3.8, 4) is 0 Å². The number of guanidine groups is 1. The zero-order valence-electron chi connectivity index (χ0n) is 15.2. The highest BCUT2D eigenvalue weighted by Gasteiger charge is 2.33. The quantitative estimate of drug-likeness (QED) is 0.251. The molecule has 0 spiro atoms. The number of nitrogens with one attached hydrogen (secondary N) is 3. The SMILES string of the molecule is CCNC(=NCc1ccc(F)cc1C(F)(F)F)NCCCNS(=O)(=O)CC. The van der Waals surface area contributed by atoms with Gasteiger partial charge in [0.1, 0.15) is 5.82 Å². The highest BCUT2D eigenvalue weighted by molar-refractivity contribution is 7.89. The highest BCUT2D eigenvalue weighted by atomic mass is 32.2. The molecule has 1 aromatic carbocycles. The van der Waals surface area contributed by atoms with Crippen molar-refractivity contribution in [2.24, 2.45) is 4.99 Å². The van der Waals surface area contributed by atoms with Crippen LogP contribution in [-0.4, -0.2) is 39.8 Å². The molecule has 0 fully saturated rings. The minimum atomic E-state index is -4.67. The molecule has 154 valence electrons. The molecule has 0 atom stereocenters. The third-order valence-corrected chi connectivity index (χ3v) is 4.88. The summed E-state index contributed by atoms with van der Waals surface area (Å²) in [5.41, 5.74) is -1.20. The van der Waals surface area contributed by atoms with Gasteiger partial charge in [0.05, 0.1) is 17.9 Å². The third kappa shape index (κ3) is 8.57.